The molecule has 0 heterocycles. The number of nitrogens with zero attached hydrogens (tertiary/aromatic N) is 1. The van der Waals surface area contributed by atoms with E-state index in [1.54, 1.807) is 50.3 Å². The molecule has 0 bridgehead atoms. The predicted molar refractivity (Wildman–Crippen MR) is 102 cm³/mol. The maximum Gasteiger partial charge on any atom is 0.310 e. The van der Waals surface area contributed by atoms with Gasteiger partial charge in [0.15, 0.2) is 0 Å². The van der Waals surface area contributed by atoms with Gasteiger partial charge in [0.25, 0.3) is 5.91 Å². The first-order chi connectivity index (χ1) is 13.0. The predicted octanol–water partition coefficient (Wildman–Crippen LogP) is 3.16. The molecule has 2 aromatic rings. The highest BCUT2D eigenvalue weighted by molar-refractivity contribution is 5.94. The molecular weight excluding hydrogens is 346 g/mol. The van der Waals surface area contributed by atoms with E-state index in [2.05, 4.69) is 0 Å². The zero-order valence-corrected chi connectivity index (χ0v) is 16.1. The number of benzene rings is 2. The first-order valence-electron chi connectivity index (χ1n) is 8.62. The monoisotopic (exact) mass is 371 g/mol. The van der Waals surface area contributed by atoms with Gasteiger partial charge >= 0.3 is 5.97 Å². The molecule has 0 fully saturated rings. The number of carbonyl (C=O) groups excluding carboxylic acids is 2. The summed E-state index contributed by atoms with van der Waals surface area (Å²) >= 11 is 0. The molecule has 1 atom stereocenters. The topological polar surface area (TPSA) is 65.1 Å². The second-order valence-electron chi connectivity index (χ2n) is 6.19. The van der Waals surface area contributed by atoms with Crippen LogP contribution in [0.1, 0.15) is 22.8 Å². The normalized spacial score (nSPS) is 11.4. The number of carbonyl (C=O) groups is 2. The van der Waals surface area contributed by atoms with E-state index in [1.165, 1.54) is 7.11 Å². The summed E-state index contributed by atoms with van der Waals surface area (Å²) in [6, 6.07) is 14.4. The van der Waals surface area contributed by atoms with Crippen LogP contribution < -0.4 is 9.47 Å². The molecule has 0 saturated carbocycles. The van der Waals surface area contributed by atoms with E-state index < -0.39 is 5.92 Å². The third-order valence-electron chi connectivity index (χ3n) is 4.25. The van der Waals surface area contributed by atoms with Gasteiger partial charge in [0.05, 0.1) is 27.2 Å². The summed E-state index contributed by atoms with van der Waals surface area (Å²) in [5.74, 6) is 0.475. The number of hydrogen-bond acceptors (Lipinski definition) is 5. The molecule has 1 amide bonds. The van der Waals surface area contributed by atoms with Gasteiger partial charge in [0.2, 0.25) is 0 Å². The quantitative estimate of drug-likeness (QED) is 0.667. The number of methoxy groups -OCH3 is 3. The molecule has 0 aliphatic rings. The number of ether oxygens (including phenoxy) is 3. The van der Waals surface area contributed by atoms with Crippen molar-refractivity contribution in [1.82, 2.24) is 4.90 Å². The molecule has 6 nitrogen and oxygen atoms in total. The number of rotatable bonds is 8. The minimum absolute atomic E-state index is 0.163. The first kappa shape index (κ1) is 20.3. The minimum Gasteiger partial charge on any atom is -0.497 e. The van der Waals surface area contributed by atoms with E-state index in [4.69, 9.17) is 14.2 Å². The summed E-state index contributed by atoms with van der Waals surface area (Å²) in [5.41, 5.74) is 1.47. The molecule has 0 aromatic heterocycles. The molecule has 144 valence electrons. The van der Waals surface area contributed by atoms with Crippen LogP contribution in [0.25, 0.3) is 0 Å². The SMILES string of the molecule is COC(=O)C(C)CN(Cc1ccc(OC)cc1)C(=O)c1ccc(OC)cc1. The zero-order valence-electron chi connectivity index (χ0n) is 16.1. The Hall–Kier alpha value is -3.02. The maximum absolute atomic E-state index is 13.0. The van der Waals surface area contributed by atoms with Gasteiger partial charge in [0, 0.05) is 18.7 Å². The Labute approximate surface area is 159 Å². The van der Waals surface area contributed by atoms with Crippen LogP contribution in [0.5, 0.6) is 11.5 Å². The lowest BCUT2D eigenvalue weighted by molar-refractivity contribution is -0.145. The van der Waals surface area contributed by atoms with Gasteiger partial charge in [-0.3, -0.25) is 9.59 Å². The van der Waals surface area contributed by atoms with Crippen molar-refractivity contribution in [2.24, 2.45) is 5.92 Å². The Morgan fingerprint density at radius 3 is 1.89 bits per heavy atom. The second kappa shape index (κ2) is 9.62. The smallest absolute Gasteiger partial charge is 0.310 e. The van der Waals surface area contributed by atoms with Crippen molar-refractivity contribution in [1.29, 1.82) is 0 Å². The first-order valence-corrected chi connectivity index (χ1v) is 8.62. The van der Waals surface area contributed by atoms with Crippen molar-refractivity contribution in [2.45, 2.75) is 13.5 Å². The van der Waals surface area contributed by atoms with Gasteiger partial charge in [-0.15, -0.1) is 0 Å². The van der Waals surface area contributed by atoms with Crippen molar-refractivity contribution >= 4 is 11.9 Å². The summed E-state index contributed by atoms with van der Waals surface area (Å²) in [4.78, 5) is 26.5. The fourth-order valence-corrected chi connectivity index (χ4v) is 2.69. The molecule has 2 rings (SSSR count). The van der Waals surface area contributed by atoms with Gasteiger partial charge in [0.1, 0.15) is 11.5 Å². The van der Waals surface area contributed by atoms with Crippen LogP contribution in [0.2, 0.25) is 0 Å². The van der Waals surface area contributed by atoms with Crippen molar-refractivity contribution in [2.75, 3.05) is 27.9 Å². The molecule has 0 N–H and O–H groups in total. The van der Waals surface area contributed by atoms with Crippen molar-refractivity contribution < 1.29 is 23.8 Å². The van der Waals surface area contributed by atoms with Crippen LogP contribution in [-0.4, -0.2) is 44.7 Å². The average molecular weight is 371 g/mol. The van der Waals surface area contributed by atoms with Gasteiger partial charge in [-0.05, 0) is 42.0 Å². The number of amides is 1. The van der Waals surface area contributed by atoms with Crippen molar-refractivity contribution in [3.8, 4) is 11.5 Å². The molecular formula is C21H25NO5. The molecule has 2 aromatic carbocycles. The fraction of sp³-hybridized carbons (Fsp3) is 0.333. The maximum atomic E-state index is 13.0. The molecule has 6 heteroatoms. The van der Waals surface area contributed by atoms with Gasteiger partial charge in [-0.1, -0.05) is 19.1 Å². The van der Waals surface area contributed by atoms with E-state index in [9.17, 15) is 9.59 Å². The Morgan fingerprint density at radius 2 is 1.41 bits per heavy atom. The summed E-state index contributed by atoms with van der Waals surface area (Å²) in [7, 11) is 4.52. The Balaban J connectivity index is 2.23. The van der Waals surface area contributed by atoms with Crippen LogP contribution in [0.15, 0.2) is 48.5 Å². The molecule has 0 saturated heterocycles. The highest BCUT2D eigenvalue weighted by Crippen LogP contribution is 2.18. The van der Waals surface area contributed by atoms with Crippen LogP contribution in [-0.2, 0) is 16.1 Å². The van der Waals surface area contributed by atoms with E-state index in [-0.39, 0.29) is 18.4 Å². The lowest BCUT2D eigenvalue weighted by atomic mass is 10.1. The van der Waals surface area contributed by atoms with Gasteiger partial charge in [-0.2, -0.15) is 0 Å². The van der Waals surface area contributed by atoms with Crippen molar-refractivity contribution in [3.63, 3.8) is 0 Å². The van der Waals surface area contributed by atoms with Crippen molar-refractivity contribution in [3.05, 3.63) is 59.7 Å². The largest absolute Gasteiger partial charge is 0.497 e. The lowest BCUT2D eigenvalue weighted by Crippen LogP contribution is -2.36. The van der Waals surface area contributed by atoms with Crippen LogP contribution in [0, 0.1) is 5.92 Å². The van der Waals surface area contributed by atoms with E-state index in [0.717, 1.165) is 11.3 Å². The Kier molecular flexibility index (Phi) is 7.23. The number of hydrogen-bond donors (Lipinski definition) is 0. The Bertz CT molecular complexity index is 755. The highest BCUT2D eigenvalue weighted by atomic mass is 16.5. The molecule has 0 spiro atoms. The average Bonchev–Trinajstić information content (AvgIpc) is 2.72. The zero-order chi connectivity index (χ0) is 19.8. The second-order valence-corrected chi connectivity index (χ2v) is 6.19. The van der Waals surface area contributed by atoms with E-state index >= 15 is 0 Å². The highest BCUT2D eigenvalue weighted by Gasteiger charge is 2.23. The standard InChI is InChI=1S/C21H25NO5/c1-15(21(24)27-4)13-22(14-16-5-9-18(25-2)10-6-16)20(23)17-7-11-19(26-3)12-8-17/h5-12,15H,13-14H2,1-4H3. The molecule has 0 aliphatic carbocycles. The van der Waals surface area contributed by atoms with E-state index in [1.807, 2.05) is 24.3 Å². The third-order valence-corrected chi connectivity index (χ3v) is 4.25. The number of esters is 1. The summed E-state index contributed by atoms with van der Waals surface area (Å²) in [6.07, 6.45) is 0. The van der Waals surface area contributed by atoms with Gasteiger partial charge < -0.3 is 19.1 Å². The lowest BCUT2D eigenvalue weighted by Gasteiger charge is -2.25. The molecule has 27 heavy (non-hydrogen) atoms. The molecule has 1 unspecified atom stereocenters. The van der Waals surface area contributed by atoms with Gasteiger partial charge in [-0.25, -0.2) is 0 Å². The van der Waals surface area contributed by atoms with Crippen LogP contribution in [0.4, 0.5) is 0 Å². The van der Waals surface area contributed by atoms with Crippen LogP contribution >= 0.6 is 0 Å². The molecule has 0 aliphatic heterocycles. The Morgan fingerprint density at radius 1 is 0.889 bits per heavy atom. The molecule has 0 radical (unpaired) electrons. The van der Waals surface area contributed by atoms with E-state index in [0.29, 0.717) is 17.9 Å². The third kappa shape index (κ3) is 5.48. The summed E-state index contributed by atoms with van der Waals surface area (Å²) in [6.45, 7) is 2.37. The summed E-state index contributed by atoms with van der Waals surface area (Å²) in [5, 5.41) is 0. The summed E-state index contributed by atoms with van der Waals surface area (Å²) < 4.78 is 15.1. The minimum atomic E-state index is -0.435. The van der Waals surface area contributed by atoms with Crippen LogP contribution in [0.3, 0.4) is 0 Å². The fourth-order valence-electron chi connectivity index (χ4n) is 2.69.